The number of benzene rings is 3. The molecule has 0 aliphatic carbocycles. The first-order valence-corrected chi connectivity index (χ1v) is 13.6. The quantitative estimate of drug-likeness (QED) is 0.114. The molecule has 0 saturated carbocycles. The second-order valence-electron chi connectivity index (χ2n) is 8.10. The topological polar surface area (TPSA) is 93.3 Å². The fourth-order valence-electron chi connectivity index (χ4n) is 3.83. The fraction of sp³-hybridized carbons (Fsp3) is 0.0741. The molecule has 0 saturated heterocycles. The third-order valence-electron chi connectivity index (χ3n) is 5.59. The molecular weight excluding hydrogens is 567 g/mol. The minimum atomic E-state index is -0.105. The van der Waals surface area contributed by atoms with E-state index in [0.717, 1.165) is 10.3 Å². The Morgan fingerprint density at radius 2 is 1.68 bits per heavy atom. The second-order valence-corrected chi connectivity index (χ2v) is 10.1. The van der Waals surface area contributed by atoms with Crippen LogP contribution in [0.3, 0.4) is 0 Å². The first-order valence-electron chi connectivity index (χ1n) is 11.2. The normalized spacial score (nSPS) is 11.1. The summed E-state index contributed by atoms with van der Waals surface area (Å²) in [6.45, 7) is 0.342. The summed E-state index contributed by atoms with van der Waals surface area (Å²) in [6, 6.07) is 19.1. The average molecular weight is 586 g/mol. The summed E-state index contributed by atoms with van der Waals surface area (Å²) in [7, 11) is 0. The first-order chi connectivity index (χ1) is 18.3. The van der Waals surface area contributed by atoms with E-state index in [1.807, 2.05) is 54.8 Å². The zero-order chi connectivity index (χ0) is 26.8. The van der Waals surface area contributed by atoms with E-state index in [9.17, 15) is 10.3 Å². The molecule has 0 unspecified atom stereocenters. The van der Waals surface area contributed by atoms with Gasteiger partial charge in [-0.3, -0.25) is 0 Å². The lowest BCUT2D eigenvalue weighted by Crippen LogP contribution is -2.00. The number of hydrogen-bond acceptors (Lipinski definition) is 7. The Balaban J connectivity index is 1.62. The predicted molar refractivity (Wildman–Crippen MR) is 151 cm³/mol. The molecule has 11 heteroatoms. The maximum absolute atomic E-state index is 11.4. The Labute approximate surface area is 237 Å². The Hall–Kier alpha value is -3.43. The highest BCUT2D eigenvalue weighted by Gasteiger charge is 2.26. The average Bonchev–Trinajstić information content (AvgIpc) is 3.24. The Kier molecular flexibility index (Phi) is 7.67. The maximum Gasteiger partial charge on any atom is 0.187 e. The monoisotopic (exact) mass is 584 g/mol. The van der Waals surface area contributed by atoms with Gasteiger partial charge < -0.3 is 15.1 Å². The number of phenols is 1. The standard InChI is InChI=1S/C27H19Cl3N4O3S/c1-38-27-31-10-9-22(32-27)25-24(33-26(34(25)36)23-20(29)12-18(35)13-21(23)30)16-3-2-4-19(11-16)37-14-15-5-7-17(28)8-6-15/h2-13,35-36H,14H2,1H3. The van der Waals surface area contributed by atoms with Crippen LogP contribution < -0.4 is 4.74 Å². The number of halogens is 3. The molecule has 7 nitrogen and oxygen atoms in total. The molecule has 192 valence electrons. The summed E-state index contributed by atoms with van der Waals surface area (Å²) in [5.74, 6) is 0.582. The minimum absolute atomic E-state index is 0.0850. The molecule has 5 rings (SSSR count). The molecule has 0 spiro atoms. The van der Waals surface area contributed by atoms with Gasteiger partial charge in [0.2, 0.25) is 0 Å². The third-order valence-corrected chi connectivity index (χ3v) is 7.00. The molecule has 0 fully saturated rings. The number of imidazole rings is 1. The number of thioether (sulfide) groups is 1. The molecule has 2 aromatic heterocycles. The lowest BCUT2D eigenvalue weighted by Gasteiger charge is -2.10. The van der Waals surface area contributed by atoms with Crippen LogP contribution in [0.2, 0.25) is 15.1 Å². The van der Waals surface area contributed by atoms with Gasteiger partial charge in [0.1, 0.15) is 29.5 Å². The van der Waals surface area contributed by atoms with Crippen molar-refractivity contribution in [3.63, 3.8) is 0 Å². The van der Waals surface area contributed by atoms with Crippen LogP contribution >= 0.6 is 46.6 Å². The van der Waals surface area contributed by atoms with E-state index >= 15 is 0 Å². The van der Waals surface area contributed by atoms with Gasteiger partial charge in [-0.1, -0.05) is 70.8 Å². The summed E-state index contributed by atoms with van der Waals surface area (Å²) in [4.78, 5) is 13.5. The van der Waals surface area contributed by atoms with Gasteiger partial charge in [-0.2, -0.15) is 4.73 Å². The largest absolute Gasteiger partial charge is 0.508 e. The fourth-order valence-corrected chi connectivity index (χ4v) is 4.96. The molecule has 0 aliphatic heterocycles. The van der Waals surface area contributed by atoms with Crippen LogP contribution in [0.4, 0.5) is 0 Å². The molecule has 0 atom stereocenters. The highest BCUT2D eigenvalue weighted by atomic mass is 35.5. The van der Waals surface area contributed by atoms with E-state index in [0.29, 0.717) is 45.2 Å². The van der Waals surface area contributed by atoms with Gasteiger partial charge in [0.25, 0.3) is 0 Å². The van der Waals surface area contributed by atoms with Gasteiger partial charge >= 0.3 is 0 Å². The number of rotatable bonds is 7. The Bertz CT molecular complexity index is 1600. The van der Waals surface area contributed by atoms with Gasteiger partial charge in [-0.25, -0.2) is 15.0 Å². The van der Waals surface area contributed by atoms with E-state index in [2.05, 4.69) is 9.97 Å². The van der Waals surface area contributed by atoms with Crippen molar-refractivity contribution >= 4 is 46.6 Å². The number of aromatic nitrogens is 4. The molecule has 2 heterocycles. The first kappa shape index (κ1) is 26.2. The number of phenolic OH excluding ortho intramolecular Hbond substituents is 1. The third kappa shape index (κ3) is 5.39. The van der Waals surface area contributed by atoms with E-state index in [1.54, 1.807) is 12.3 Å². The van der Waals surface area contributed by atoms with Gasteiger partial charge in [0.15, 0.2) is 11.0 Å². The number of aromatic hydroxyl groups is 1. The molecule has 38 heavy (non-hydrogen) atoms. The molecule has 2 N–H and O–H groups in total. The van der Waals surface area contributed by atoms with Gasteiger partial charge in [0, 0.05) is 16.8 Å². The molecule has 0 aliphatic rings. The van der Waals surface area contributed by atoms with Crippen LogP contribution in [0.15, 0.2) is 78.1 Å². The van der Waals surface area contributed by atoms with Crippen LogP contribution in [0.5, 0.6) is 11.5 Å². The lowest BCUT2D eigenvalue weighted by atomic mass is 10.1. The van der Waals surface area contributed by atoms with Crippen LogP contribution in [-0.2, 0) is 6.61 Å². The summed E-state index contributed by atoms with van der Waals surface area (Å²) in [5.41, 5.74) is 3.07. The number of nitrogens with zero attached hydrogens (tertiary/aromatic N) is 4. The summed E-state index contributed by atoms with van der Waals surface area (Å²) < 4.78 is 6.91. The molecule has 0 bridgehead atoms. The van der Waals surface area contributed by atoms with Crippen molar-refractivity contribution in [1.29, 1.82) is 0 Å². The Morgan fingerprint density at radius 1 is 0.947 bits per heavy atom. The van der Waals surface area contributed by atoms with E-state index < -0.39 is 0 Å². The molecule has 0 radical (unpaired) electrons. The van der Waals surface area contributed by atoms with Gasteiger partial charge in [-0.05, 0) is 54.3 Å². The SMILES string of the molecule is CSc1nccc(-c2c(-c3cccc(OCc4ccc(Cl)cc4)c3)nc(-c3c(Cl)cc(O)cc3Cl)n2O)n1. The van der Waals surface area contributed by atoms with E-state index in [4.69, 9.17) is 44.5 Å². The molecule has 3 aromatic carbocycles. The van der Waals surface area contributed by atoms with E-state index in [-0.39, 0.29) is 27.2 Å². The van der Waals surface area contributed by atoms with Gasteiger partial charge in [-0.15, -0.1) is 0 Å². The minimum Gasteiger partial charge on any atom is -0.508 e. The van der Waals surface area contributed by atoms with Crippen LogP contribution in [0, 0.1) is 0 Å². The zero-order valence-electron chi connectivity index (χ0n) is 19.8. The highest BCUT2D eigenvalue weighted by Crippen LogP contribution is 2.41. The van der Waals surface area contributed by atoms with Crippen molar-refractivity contribution in [3.05, 3.63) is 93.6 Å². The summed E-state index contributed by atoms with van der Waals surface area (Å²) >= 11 is 20.2. The van der Waals surface area contributed by atoms with Crippen molar-refractivity contribution in [3.8, 4) is 45.5 Å². The number of ether oxygens (including phenoxy) is 1. The van der Waals surface area contributed by atoms with Crippen molar-refractivity contribution < 1.29 is 15.1 Å². The van der Waals surface area contributed by atoms with Crippen molar-refractivity contribution in [1.82, 2.24) is 19.7 Å². The van der Waals surface area contributed by atoms with Gasteiger partial charge in [0.05, 0.1) is 21.3 Å². The van der Waals surface area contributed by atoms with Crippen LogP contribution in [0.1, 0.15) is 5.56 Å². The van der Waals surface area contributed by atoms with Crippen molar-refractivity contribution in [2.45, 2.75) is 11.8 Å². The van der Waals surface area contributed by atoms with Crippen molar-refractivity contribution in [2.24, 2.45) is 0 Å². The smallest absolute Gasteiger partial charge is 0.187 e. The highest BCUT2D eigenvalue weighted by molar-refractivity contribution is 7.98. The molecular formula is C27H19Cl3N4O3S. The van der Waals surface area contributed by atoms with Crippen LogP contribution in [0.25, 0.3) is 34.0 Å². The summed E-state index contributed by atoms with van der Waals surface area (Å²) in [5, 5.41) is 22.7. The second kappa shape index (κ2) is 11.1. The predicted octanol–water partition coefficient (Wildman–Crippen LogP) is 7.88. The van der Waals surface area contributed by atoms with Crippen LogP contribution in [-0.4, -0.2) is 36.3 Å². The molecule has 5 aromatic rings. The van der Waals surface area contributed by atoms with Crippen molar-refractivity contribution in [2.75, 3.05) is 6.26 Å². The van der Waals surface area contributed by atoms with E-state index in [1.165, 1.54) is 23.9 Å². The number of hydrogen-bond donors (Lipinski definition) is 2. The molecule has 0 amide bonds. The zero-order valence-corrected chi connectivity index (χ0v) is 22.9. The summed E-state index contributed by atoms with van der Waals surface area (Å²) in [6.07, 6.45) is 3.47. The maximum atomic E-state index is 11.4. The Morgan fingerprint density at radius 3 is 2.39 bits per heavy atom. The lowest BCUT2D eigenvalue weighted by molar-refractivity contribution is 0.195.